The summed E-state index contributed by atoms with van der Waals surface area (Å²) in [6.45, 7) is 0. The van der Waals surface area contributed by atoms with Crippen molar-refractivity contribution in [3.63, 3.8) is 0 Å². The Hall–Kier alpha value is -1.53. The van der Waals surface area contributed by atoms with Crippen molar-refractivity contribution in [1.29, 1.82) is 0 Å². The molecule has 19 heavy (non-hydrogen) atoms. The minimum absolute atomic E-state index is 0.353. The van der Waals surface area contributed by atoms with Crippen molar-refractivity contribution >= 4 is 23.4 Å². The molecule has 0 radical (unpaired) electrons. The van der Waals surface area contributed by atoms with Crippen LogP contribution in [0.5, 0.6) is 0 Å². The van der Waals surface area contributed by atoms with Crippen LogP contribution in [0.25, 0.3) is 5.65 Å². The number of hydrogen-bond acceptors (Lipinski definition) is 5. The second-order valence-corrected chi connectivity index (χ2v) is 5.27. The average molecular weight is 279 g/mol. The number of imidazole rings is 1. The summed E-state index contributed by atoms with van der Waals surface area (Å²) in [6, 6.07) is 5.38. The molecule has 0 amide bonds. The van der Waals surface area contributed by atoms with Crippen LogP contribution in [-0.4, -0.2) is 34.3 Å². The monoisotopic (exact) mass is 279 g/mol. The van der Waals surface area contributed by atoms with E-state index in [0.717, 1.165) is 22.8 Å². The first-order valence-electron chi connectivity index (χ1n) is 6.04. The number of carbonyl (C=O) groups excluding carboxylic acids is 1. The Morgan fingerprint density at radius 2 is 2.42 bits per heavy atom. The molecule has 0 aliphatic rings. The number of hydrogen-bond donors (Lipinski definition) is 1. The first-order valence-corrected chi connectivity index (χ1v) is 7.20. The molecule has 102 valence electrons. The lowest BCUT2D eigenvalue weighted by atomic mass is 10.2. The molecule has 2 aromatic heterocycles. The zero-order valence-electron chi connectivity index (χ0n) is 10.8. The minimum atomic E-state index is -0.529. The van der Waals surface area contributed by atoms with Crippen LogP contribution in [0, 0.1) is 0 Å². The van der Waals surface area contributed by atoms with Crippen molar-refractivity contribution in [3.8, 4) is 0 Å². The van der Waals surface area contributed by atoms with Gasteiger partial charge in [-0.25, -0.2) is 4.98 Å². The van der Waals surface area contributed by atoms with Gasteiger partial charge < -0.3 is 14.9 Å². The molecular formula is C13H17N3O2S. The van der Waals surface area contributed by atoms with E-state index >= 15 is 0 Å². The minimum Gasteiger partial charge on any atom is -0.468 e. The lowest BCUT2D eigenvalue weighted by Gasteiger charge is -2.07. The van der Waals surface area contributed by atoms with E-state index in [1.165, 1.54) is 7.11 Å². The van der Waals surface area contributed by atoms with Crippen LogP contribution in [0.4, 0.5) is 0 Å². The van der Waals surface area contributed by atoms with Gasteiger partial charge in [0, 0.05) is 18.1 Å². The summed E-state index contributed by atoms with van der Waals surface area (Å²) in [5.41, 5.74) is 7.64. The maximum atomic E-state index is 11.1. The molecule has 0 spiro atoms. The number of carbonyl (C=O) groups is 1. The summed E-state index contributed by atoms with van der Waals surface area (Å²) in [7, 11) is 1.35. The van der Waals surface area contributed by atoms with E-state index in [9.17, 15) is 4.79 Å². The van der Waals surface area contributed by atoms with E-state index in [0.29, 0.717) is 6.42 Å². The van der Waals surface area contributed by atoms with Crippen LogP contribution in [-0.2, 0) is 15.3 Å². The largest absolute Gasteiger partial charge is 0.468 e. The zero-order valence-corrected chi connectivity index (χ0v) is 11.6. The summed E-state index contributed by atoms with van der Waals surface area (Å²) in [4.78, 5) is 15.6. The molecule has 1 atom stereocenters. The smallest absolute Gasteiger partial charge is 0.322 e. The quantitative estimate of drug-likeness (QED) is 0.640. The number of methoxy groups -OCH3 is 1. The van der Waals surface area contributed by atoms with Crippen molar-refractivity contribution in [2.75, 3.05) is 12.9 Å². The van der Waals surface area contributed by atoms with Crippen molar-refractivity contribution in [1.82, 2.24) is 9.38 Å². The Kier molecular flexibility index (Phi) is 4.81. The number of aromatic nitrogens is 2. The first kappa shape index (κ1) is 13.9. The molecule has 0 aliphatic carbocycles. The van der Waals surface area contributed by atoms with Gasteiger partial charge in [0.1, 0.15) is 11.7 Å². The van der Waals surface area contributed by atoms with Crippen molar-refractivity contribution < 1.29 is 9.53 Å². The topological polar surface area (TPSA) is 69.6 Å². The van der Waals surface area contributed by atoms with Gasteiger partial charge in [-0.2, -0.15) is 11.8 Å². The molecule has 5 nitrogen and oxygen atoms in total. The molecule has 0 bridgehead atoms. The van der Waals surface area contributed by atoms with Gasteiger partial charge in [-0.15, -0.1) is 0 Å². The lowest BCUT2D eigenvalue weighted by Crippen LogP contribution is -2.31. The molecule has 2 rings (SSSR count). The normalized spacial score (nSPS) is 12.5. The molecule has 2 heterocycles. The van der Waals surface area contributed by atoms with Crippen LogP contribution >= 0.6 is 11.8 Å². The summed E-state index contributed by atoms with van der Waals surface area (Å²) in [5.74, 6) is 1.27. The first-order chi connectivity index (χ1) is 9.20. The number of nitrogens with zero attached hydrogens (tertiary/aromatic N) is 2. The van der Waals surface area contributed by atoms with Gasteiger partial charge in [0.25, 0.3) is 0 Å². The van der Waals surface area contributed by atoms with Gasteiger partial charge in [0.2, 0.25) is 0 Å². The Morgan fingerprint density at radius 3 is 3.16 bits per heavy atom. The Balaban J connectivity index is 1.78. The standard InChI is InChI=1S/C13H17N3O2S/c1-18-13(17)11(14)5-7-19-9-10-8-16-6-3-2-4-12(16)15-10/h2-4,6,8,11H,5,7,9,14H2,1H3. The van der Waals surface area contributed by atoms with Gasteiger partial charge in [0.05, 0.1) is 12.8 Å². The van der Waals surface area contributed by atoms with Crippen LogP contribution in [0.3, 0.4) is 0 Å². The van der Waals surface area contributed by atoms with Crippen LogP contribution < -0.4 is 5.73 Å². The predicted molar refractivity (Wildman–Crippen MR) is 76.0 cm³/mol. The number of thioether (sulfide) groups is 1. The summed E-state index contributed by atoms with van der Waals surface area (Å²) < 4.78 is 6.57. The SMILES string of the molecule is COC(=O)C(N)CCSCc1cn2ccccc2n1. The fraction of sp³-hybridized carbons (Fsp3) is 0.385. The molecule has 0 aromatic carbocycles. The molecule has 0 saturated carbocycles. The summed E-state index contributed by atoms with van der Waals surface area (Å²) in [5, 5.41) is 0. The third-order valence-corrected chi connectivity index (χ3v) is 3.77. The number of ether oxygens (including phenoxy) is 1. The van der Waals surface area contributed by atoms with Crippen LogP contribution in [0.15, 0.2) is 30.6 Å². The number of fused-ring (bicyclic) bond motifs is 1. The van der Waals surface area contributed by atoms with E-state index in [1.807, 2.05) is 35.0 Å². The van der Waals surface area contributed by atoms with Crippen LogP contribution in [0.2, 0.25) is 0 Å². The predicted octanol–water partition coefficient (Wildman–Crippen LogP) is 1.46. The number of nitrogens with two attached hydrogens (primary N) is 1. The van der Waals surface area contributed by atoms with Gasteiger partial charge in [-0.3, -0.25) is 4.79 Å². The van der Waals surface area contributed by atoms with Crippen molar-refractivity contribution in [2.24, 2.45) is 5.73 Å². The third kappa shape index (κ3) is 3.71. The van der Waals surface area contributed by atoms with E-state index in [1.54, 1.807) is 11.8 Å². The number of rotatable bonds is 6. The zero-order chi connectivity index (χ0) is 13.7. The molecule has 6 heteroatoms. The second-order valence-electron chi connectivity index (χ2n) is 4.17. The van der Waals surface area contributed by atoms with Gasteiger partial charge in [-0.05, 0) is 24.3 Å². The molecule has 1 unspecified atom stereocenters. The molecule has 0 aliphatic heterocycles. The van der Waals surface area contributed by atoms with Crippen LogP contribution in [0.1, 0.15) is 12.1 Å². The lowest BCUT2D eigenvalue weighted by molar-refractivity contribution is -0.142. The molecule has 0 saturated heterocycles. The highest BCUT2D eigenvalue weighted by atomic mass is 32.2. The Bertz CT molecular complexity index is 523. The van der Waals surface area contributed by atoms with E-state index in [4.69, 9.17) is 5.73 Å². The van der Waals surface area contributed by atoms with Crippen molar-refractivity contribution in [2.45, 2.75) is 18.2 Å². The maximum Gasteiger partial charge on any atom is 0.322 e. The second kappa shape index (κ2) is 6.58. The fourth-order valence-corrected chi connectivity index (χ4v) is 2.63. The third-order valence-electron chi connectivity index (χ3n) is 2.74. The fourth-order valence-electron chi connectivity index (χ4n) is 1.71. The van der Waals surface area contributed by atoms with Gasteiger partial charge >= 0.3 is 5.97 Å². The Labute approximate surface area is 116 Å². The van der Waals surface area contributed by atoms with Gasteiger partial charge in [-0.1, -0.05) is 6.07 Å². The molecule has 2 aromatic rings. The number of esters is 1. The van der Waals surface area contributed by atoms with E-state index in [-0.39, 0.29) is 5.97 Å². The highest BCUT2D eigenvalue weighted by Crippen LogP contribution is 2.14. The summed E-state index contributed by atoms with van der Waals surface area (Å²) in [6.07, 6.45) is 4.61. The Morgan fingerprint density at radius 1 is 1.58 bits per heavy atom. The maximum absolute atomic E-state index is 11.1. The van der Waals surface area contributed by atoms with Gasteiger partial charge in [0.15, 0.2) is 0 Å². The highest BCUT2D eigenvalue weighted by Gasteiger charge is 2.12. The highest BCUT2D eigenvalue weighted by molar-refractivity contribution is 7.98. The summed E-state index contributed by atoms with van der Waals surface area (Å²) >= 11 is 1.71. The van der Waals surface area contributed by atoms with E-state index < -0.39 is 6.04 Å². The number of pyridine rings is 1. The molecule has 2 N–H and O–H groups in total. The molecule has 0 fully saturated rings. The van der Waals surface area contributed by atoms with Crippen molar-refractivity contribution in [3.05, 3.63) is 36.3 Å². The average Bonchev–Trinajstić information content (AvgIpc) is 2.85. The van der Waals surface area contributed by atoms with E-state index in [2.05, 4.69) is 9.72 Å². The molecular weight excluding hydrogens is 262 g/mol.